The molecule has 27 heavy (non-hydrogen) atoms. The maximum Gasteiger partial charge on any atom is 0.251 e. The lowest BCUT2D eigenvalue weighted by Crippen LogP contribution is -2.40. The number of carbonyl (C=O) groups is 1. The number of amides is 1. The Hall–Kier alpha value is -1.60. The number of nitrogens with zero attached hydrogens (tertiary/aromatic N) is 2. The van der Waals surface area contributed by atoms with Gasteiger partial charge in [0.05, 0.1) is 11.9 Å². The van der Waals surface area contributed by atoms with E-state index in [1.54, 1.807) is 18.2 Å². The van der Waals surface area contributed by atoms with Crippen LogP contribution in [-0.4, -0.2) is 58.7 Å². The third kappa shape index (κ3) is 6.21. The second-order valence-electron chi connectivity index (χ2n) is 8.05. The molecular formula is C20H33N3O3S. The summed E-state index contributed by atoms with van der Waals surface area (Å²) in [7, 11) is -1.81. The Morgan fingerprint density at radius 3 is 2.44 bits per heavy atom. The lowest BCUT2D eigenvalue weighted by atomic mass is 9.92. The molecule has 1 aliphatic rings. The van der Waals surface area contributed by atoms with E-state index in [1.165, 1.54) is 17.8 Å². The quantitative estimate of drug-likeness (QED) is 0.720. The van der Waals surface area contributed by atoms with Gasteiger partial charge in [-0.2, -0.15) is 0 Å². The SMILES string of the molecule is Cc1cc(C(=O)NCCCN2C[C@H](C)C[C@@H](C)C2)ccc1N(C)S(C)(=O)=O. The lowest BCUT2D eigenvalue weighted by molar-refractivity contribution is 0.0947. The Balaban J connectivity index is 1.85. The Morgan fingerprint density at radius 1 is 1.26 bits per heavy atom. The molecular weight excluding hydrogens is 362 g/mol. The third-order valence-corrected chi connectivity index (χ3v) is 6.37. The minimum atomic E-state index is -3.32. The molecule has 1 aromatic rings. The fourth-order valence-corrected chi connectivity index (χ4v) is 4.47. The van der Waals surface area contributed by atoms with Crippen LogP contribution in [0.4, 0.5) is 5.69 Å². The number of piperidine rings is 1. The van der Waals surface area contributed by atoms with Crippen molar-refractivity contribution < 1.29 is 13.2 Å². The fourth-order valence-electron chi connectivity index (χ4n) is 3.91. The third-order valence-electron chi connectivity index (χ3n) is 5.18. The first-order valence-electron chi connectivity index (χ1n) is 9.63. The molecule has 1 heterocycles. The molecule has 1 aliphatic heterocycles. The predicted octanol–water partition coefficient (Wildman–Crippen LogP) is 2.49. The Labute approximate surface area is 164 Å². The topological polar surface area (TPSA) is 69.7 Å². The molecule has 2 rings (SSSR count). The number of carbonyl (C=O) groups excluding carboxylic acids is 1. The van der Waals surface area contributed by atoms with Gasteiger partial charge in [-0.1, -0.05) is 13.8 Å². The second kappa shape index (κ2) is 9.06. The molecule has 152 valence electrons. The van der Waals surface area contributed by atoms with E-state index in [2.05, 4.69) is 24.1 Å². The molecule has 0 spiro atoms. The molecule has 2 atom stereocenters. The molecule has 0 bridgehead atoms. The fraction of sp³-hybridized carbons (Fsp3) is 0.650. The van der Waals surface area contributed by atoms with Crippen LogP contribution < -0.4 is 9.62 Å². The summed E-state index contributed by atoms with van der Waals surface area (Å²) in [5.74, 6) is 1.37. The first-order valence-corrected chi connectivity index (χ1v) is 11.5. The van der Waals surface area contributed by atoms with Crippen LogP contribution in [0.1, 0.15) is 42.6 Å². The molecule has 1 amide bonds. The summed E-state index contributed by atoms with van der Waals surface area (Å²) in [5, 5.41) is 2.97. The number of nitrogens with one attached hydrogen (secondary N) is 1. The molecule has 0 saturated carbocycles. The summed E-state index contributed by atoms with van der Waals surface area (Å²) in [6, 6.07) is 5.09. The molecule has 6 nitrogen and oxygen atoms in total. The zero-order valence-corrected chi connectivity index (χ0v) is 18.0. The first kappa shape index (κ1) is 21.7. The monoisotopic (exact) mass is 395 g/mol. The summed E-state index contributed by atoms with van der Waals surface area (Å²) in [4.78, 5) is 14.9. The van der Waals surface area contributed by atoms with Crippen molar-refractivity contribution in [3.05, 3.63) is 29.3 Å². The van der Waals surface area contributed by atoms with Crippen LogP contribution in [0.3, 0.4) is 0 Å². The van der Waals surface area contributed by atoms with E-state index in [4.69, 9.17) is 0 Å². The summed E-state index contributed by atoms with van der Waals surface area (Å²) >= 11 is 0. The van der Waals surface area contributed by atoms with Gasteiger partial charge in [0.1, 0.15) is 0 Å². The maximum atomic E-state index is 12.4. The van der Waals surface area contributed by atoms with Crippen molar-refractivity contribution in [1.82, 2.24) is 10.2 Å². The normalized spacial score (nSPS) is 21.1. The summed E-state index contributed by atoms with van der Waals surface area (Å²) in [6.07, 6.45) is 3.40. The van der Waals surface area contributed by atoms with E-state index in [-0.39, 0.29) is 5.91 Å². The van der Waals surface area contributed by atoms with E-state index in [0.717, 1.165) is 49.7 Å². The van der Waals surface area contributed by atoms with E-state index < -0.39 is 10.0 Å². The van der Waals surface area contributed by atoms with E-state index in [9.17, 15) is 13.2 Å². The smallest absolute Gasteiger partial charge is 0.251 e. The zero-order valence-electron chi connectivity index (χ0n) is 17.2. The van der Waals surface area contributed by atoms with Crippen molar-refractivity contribution in [1.29, 1.82) is 0 Å². The number of benzene rings is 1. The van der Waals surface area contributed by atoms with Gasteiger partial charge in [-0.05, 0) is 61.9 Å². The first-order chi connectivity index (χ1) is 12.6. The number of sulfonamides is 1. The molecule has 0 aromatic heterocycles. The Morgan fingerprint density at radius 2 is 1.89 bits per heavy atom. The molecule has 1 N–H and O–H groups in total. The summed E-state index contributed by atoms with van der Waals surface area (Å²) in [5.41, 5.74) is 1.90. The van der Waals surface area contributed by atoms with Crippen molar-refractivity contribution >= 4 is 21.6 Å². The Kier molecular flexibility index (Phi) is 7.28. The number of aryl methyl sites for hydroxylation is 1. The minimum Gasteiger partial charge on any atom is -0.352 e. The van der Waals surface area contributed by atoms with Gasteiger partial charge in [0.2, 0.25) is 10.0 Å². The van der Waals surface area contributed by atoms with Crippen LogP contribution in [0.15, 0.2) is 18.2 Å². The van der Waals surface area contributed by atoms with Crippen LogP contribution in [0.2, 0.25) is 0 Å². The van der Waals surface area contributed by atoms with Crippen LogP contribution in [0.5, 0.6) is 0 Å². The van der Waals surface area contributed by atoms with Crippen molar-refractivity contribution in [3.63, 3.8) is 0 Å². The van der Waals surface area contributed by atoms with Crippen molar-refractivity contribution in [2.24, 2.45) is 11.8 Å². The standard InChI is InChI=1S/C20H33N3O3S/c1-15-11-16(2)14-23(13-15)10-6-9-21-20(24)18-7-8-19(17(3)12-18)22(4)27(5,25)26/h7-8,12,15-16H,6,9-11,13-14H2,1-5H3,(H,21,24)/t15-,16-/m1/s1. The van der Waals surface area contributed by atoms with Crippen LogP contribution in [0.25, 0.3) is 0 Å². The summed E-state index contributed by atoms with van der Waals surface area (Å²) in [6.45, 7) is 10.4. The lowest BCUT2D eigenvalue weighted by Gasteiger charge is -2.34. The van der Waals surface area contributed by atoms with Crippen molar-refractivity contribution in [3.8, 4) is 0 Å². The van der Waals surface area contributed by atoms with Crippen LogP contribution in [0, 0.1) is 18.8 Å². The maximum absolute atomic E-state index is 12.4. The van der Waals surface area contributed by atoms with E-state index in [0.29, 0.717) is 17.8 Å². The average Bonchev–Trinajstić information content (AvgIpc) is 2.56. The highest BCUT2D eigenvalue weighted by molar-refractivity contribution is 7.92. The second-order valence-corrected chi connectivity index (χ2v) is 10.1. The van der Waals surface area contributed by atoms with Crippen molar-refractivity contribution in [2.75, 3.05) is 43.8 Å². The molecule has 1 saturated heterocycles. The largest absolute Gasteiger partial charge is 0.352 e. The average molecular weight is 396 g/mol. The minimum absolute atomic E-state index is 0.118. The number of hydrogen-bond donors (Lipinski definition) is 1. The Bertz CT molecular complexity index is 754. The molecule has 0 aliphatic carbocycles. The number of anilines is 1. The van der Waals surface area contributed by atoms with Gasteiger partial charge in [0, 0.05) is 32.2 Å². The molecule has 1 fully saturated rings. The summed E-state index contributed by atoms with van der Waals surface area (Å²) < 4.78 is 24.6. The highest BCUT2D eigenvalue weighted by Gasteiger charge is 2.21. The number of likely N-dealkylation sites (tertiary alicyclic amines) is 1. The van der Waals surface area contributed by atoms with Crippen LogP contribution in [-0.2, 0) is 10.0 Å². The molecule has 7 heteroatoms. The van der Waals surface area contributed by atoms with Gasteiger partial charge in [0.15, 0.2) is 0 Å². The number of rotatable bonds is 7. The van der Waals surface area contributed by atoms with Gasteiger partial charge >= 0.3 is 0 Å². The molecule has 0 unspecified atom stereocenters. The van der Waals surface area contributed by atoms with E-state index in [1.807, 2.05) is 6.92 Å². The van der Waals surface area contributed by atoms with E-state index >= 15 is 0 Å². The highest BCUT2D eigenvalue weighted by atomic mass is 32.2. The van der Waals surface area contributed by atoms with Crippen LogP contribution >= 0.6 is 0 Å². The van der Waals surface area contributed by atoms with Gasteiger partial charge in [-0.25, -0.2) is 8.42 Å². The number of hydrogen-bond acceptors (Lipinski definition) is 4. The molecule has 0 radical (unpaired) electrons. The molecule has 1 aromatic carbocycles. The zero-order chi connectivity index (χ0) is 20.2. The van der Waals surface area contributed by atoms with Gasteiger partial charge < -0.3 is 10.2 Å². The predicted molar refractivity (Wildman–Crippen MR) is 111 cm³/mol. The van der Waals surface area contributed by atoms with Crippen molar-refractivity contribution in [2.45, 2.75) is 33.6 Å². The van der Waals surface area contributed by atoms with Gasteiger partial charge in [0.25, 0.3) is 5.91 Å². The highest BCUT2D eigenvalue weighted by Crippen LogP contribution is 2.22. The van der Waals surface area contributed by atoms with Gasteiger partial charge in [-0.3, -0.25) is 9.10 Å². The van der Waals surface area contributed by atoms with Gasteiger partial charge in [-0.15, -0.1) is 0 Å².